The molecule has 0 atom stereocenters. The van der Waals surface area contributed by atoms with Crippen LogP contribution < -0.4 is 4.80 Å². The van der Waals surface area contributed by atoms with E-state index in [1.54, 1.807) is 11.3 Å². The van der Waals surface area contributed by atoms with Crippen LogP contribution in [0.1, 0.15) is 39.3 Å². The fourth-order valence-electron chi connectivity index (χ4n) is 2.73. The van der Waals surface area contributed by atoms with Gasteiger partial charge in [0.2, 0.25) is 0 Å². The van der Waals surface area contributed by atoms with Crippen LogP contribution in [0.4, 0.5) is 4.79 Å². The Labute approximate surface area is 136 Å². The van der Waals surface area contributed by atoms with Crippen molar-refractivity contribution in [3.8, 4) is 0 Å². The maximum atomic E-state index is 12.1. The lowest BCUT2D eigenvalue weighted by atomic mass is 9.92. The van der Waals surface area contributed by atoms with Crippen molar-refractivity contribution in [2.45, 2.75) is 45.6 Å². The predicted octanol–water partition coefficient (Wildman–Crippen LogP) is 2.81. The Hall–Kier alpha value is -1.30. The molecule has 0 bridgehead atoms. The number of nitrogens with zero attached hydrogens (tertiary/aromatic N) is 3. The lowest BCUT2D eigenvalue weighted by molar-refractivity contribution is 0.0184. The molecule has 1 aromatic heterocycles. The Morgan fingerprint density at radius 3 is 2.55 bits per heavy atom. The number of piperidine rings is 1. The first-order valence-electron chi connectivity index (χ1n) is 7.84. The molecule has 22 heavy (non-hydrogen) atoms. The molecule has 0 spiro atoms. The van der Waals surface area contributed by atoms with Gasteiger partial charge in [0, 0.05) is 38.3 Å². The van der Waals surface area contributed by atoms with E-state index in [4.69, 9.17) is 4.74 Å². The molecule has 1 aliphatic rings. The highest BCUT2D eigenvalue weighted by Crippen LogP contribution is 2.23. The van der Waals surface area contributed by atoms with E-state index in [1.165, 1.54) is 5.69 Å². The van der Waals surface area contributed by atoms with E-state index in [0.29, 0.717) is 5.92 Å². The minimum Gasteiger partial charge on any atom is -0.444 e. The van der Waals surface area contributed by atoms with Crippen molar-refractivity contribution in [3.63, 3.8) is 0 Å². The van der Waals surface area contributed by atoms with Gasteiger partial charge in [-0.25, -0.2) is 4.79 Å². The number of hydrogen-bond donors (Lipinski definition) is 0. The van der Waals surface area contributed by atoms with E-state index in [9.17, 15) is 4.79 Å². The van der Waals surface area contributed by atoms with Gasteiger partial charge < -0.3 is 14.2 Å². The maximum absolute atomic E-state index is 12.1. The fraction of sp³-hybridized carbons (Fsp3) is 0.750. The van der Waals surface area contributed by atoms with Crippen LogP contribution in [0.5, 0.6) is 0 Å². The van der Waals surface area contributed by atoms with Crippen LogP contribution in [0.3, 0.4) is 0 Å². The molecule has 0 aliphatic carbocycles. The van der Waals surface area contributed by atoms with Gasteiger partial charge in [0.15, 0.2) is 4.80 Å². The molecular weight excluding hydrogens is 298 g/mol. The van der Waals surface area contributed by atoms with Gasteiger partial charge in [-0.15, -0.1) is 11.3 Å². The third-order valence-corrected chi connectivity index (χ3v) is 5.03. The Morgan fingerprint density at radius 1 is 1.41 bits per heavy atom. The van der Waals surface area contributed by atoms with E-state index < -0.39 is 5.60 Å². The van der Waals surface area contributed by atoms with Crippen molar-refractivity contribution in [1.29, 1.82) is 0 Å². The molecule has 1 fully saturated rings. The third kappa shape index (κ3) is 4.35. The van der Waals surface area contributed by atoms with Crippen LogP contribution in [0.25, 0.3) is 0 Å². The summed E-state index contributed by atoms with van der Waals surface area (Å²) in [6.07, 6.45) is 2.95. The zero-order valence-corrected chi connectivity index (χ0v) is 15.1. The molecule has 0 unspecified atom stereocenters. The van der Waals surface area contributed by atoms with Gasteiger partial charge in [0.05, 0.1) is 0 Å². The summed E-state index contributed by atoms with van der Waals surface area (Å²) in [5.74, 6) is 0.629. The Bertz CT molecular complexity index is 575. The van der Waals surface area contributed by atoms with Crippen LogP contribution in [-0.4, -0.2) is 41.3 Å². The Morgan fingerprint density at radius 2 is 2.05 bits per heavy atom. The first-order chi connectivity index (χ1) is 10.3. The average Bonchev–Trinajstić information content (AvgIpc) is 2.78. The van der Waals surface area contributed by atoms with Gasteiger partial charge >= 0.3 is 6.09 Å². The van der Waals surface area contributed by atoms with Crippen molar-refractivity contribution in [1.82, 2.24) is 9.47 Å². The van der Waals surface area contributed by atoms with Gasteiger partial charge in [-0.05, 0) is 46.0 Å². The minimum atomic E-state index is -0.418. The van der Waals surface area contributed by atoms with Gasteiger partial charge in [-0.1, -0.05) is 0 Å². The number of hydrogen-bond acceptors (Lipinski definition) is 4. The fourth-order valence-corrected chi connectivity index (χ4v) is 3.61. The summed E-state index contributed by atoms with van der Waals surface area (Å²) in [5, 5.41) is 2.20. The van der Waals surface area contributed by atoms with Gasteiger partial charge in [0.1, 0.15) is 5.60 Å². The Kier molecular flexibility index (Phi) is 5.32. The molecule has 1 amide bonds. The normalized spacial score (nSPS) is 17.9. The van der Waals surface area contributed by atoms with Crippen LogP contribution in [0.15, 0.2) is 10.4 Å². The standard InChI is InChI=1S/C16H27N3O2S/c1-16(2,3)21-15(20)19-8-6-12(7-9-19)10-13-11-22-14(17-4)18(13)5/h11-12H,6-10H2,1-5H3. The third-order valence-electron chi connectivity index (χ3n) is 3.97. The van der Waals surface area contributed by atoms with Crippen molar-refractivity contribution in [2.75, 3.05) is 20.1 Å². The number of carbonyl (C=O) groups excluding carboxylic acids is 1. The highest BCUT2D eigenvalue weighted by Gasteiger charge is 2.27. The van der Waals surface area contributed by atoms with E-state index in [2.05, 4.69) is 22.0 Å². The molecular formula is C16H27N3O2S. The number of likely N-dealkylation sites (tertiary alicyclic amines) is 1. The highest BCUT2D eigenvalue weighted by atomic mass is 32.1. The van der Waals surface area contributed by atoms with Crippen LogP contribution in [0, 0.1) is 5.92 Å². The second-order valence-corrected chi connectivity index (χ2v) is 7.74. The maximum Gasteiger partial charge on any atom is 0.410 e. The summed E-state index contributed by atoms with van der Waals surface area (Å²) in [5.41, 5.74) is 0.916. The molecule has 6 heteroatoms. The molecule has 0 saturated carbocycles. The molecule has 1 aromatic rings. The topological polar surface area (TPSA) is 46.8 Å². The quantitative estimate of drug-likeness (QED) is 0.839. The lowest BCUT2D eigenvalue weighted by Crippen LogP contribution is -2.42. The molecule has 1 aliphatic heterocycles. The monoisotopic (exact) mass is 325 g/mol. The number of rotatable bonds is 2. The average molecular weight is 325 g/mol. The molecule has 0 N–H and O–H groups in total. The second-order valence-electron chi connectivity index (χ2n) is 6.91. The molecule has 0 aromatic carbocycles. The number of amides is 1. The molecule has 0 radical (unpaired) electrons. The van der Waals surface area contributed by atoms with Gasteiger partial charge in [-0.3, -0.25) is 4.99 Å². The first-order valence-corrected chi connectivity index (χ1v) is 8.72. The summed E-state index contributed by atoms with van der Waals surface area (Å²) in [4.78, 5) is 19.2. The van der Waals surface area contributed by atoms with E-state index >= 15 is 0 Å². The van der Waals surface area contributed by atoms with Crippen molar-refractivity contribution in [2.24, 2.45) is 18.0 Å². The lowest BCUT2D eigenvalue weighted by Gasteiger charge is -2.33. The molecule has 2 heterocycles. The SMILES string of the molecule is CN=c1scc(CC2CCN(C(=O)OC(C)(C)C)CC2)n1C. The van der Waals surface area contributed by atoms with Crippen LogP contribution >= 0.6 is 11.3 Å². The number of carbonyl (C=O) groups is 1. The number of thiazole rings is 1. The van der Waals surface area contributed by atoms with E-state index in [1.807, 2.05) is 32.7 Å². The summed E-state index contributed by atoms with van der Waals surface area (Å²) < 4.78 is 7.61. The largest absolute Gasteiger partial charge is 0.444 e. The number of aromatic nitrogens is 1. The van der Waals surface area contributed by atoms with Crippen molar-refractivity contribution in [3.05, 3.63) is 15.9 Å². The smallest absolute Gasteiger partial charge is 0.410 e. The molecule has 5 nitrogen and oxygen atoms in total. The van der Waals surface area contributed by atoms with Crippen molar-refractivity contribution < 1.29 is 9.53 Å². The summed E-state index contributed by atoms with van der Waals surface area (Å²) in [6.45, 7) is 7.30. The van der Waals surface area contributed by atoms with E-state index in [-0.39, 0.29) is 6.09 Å². The summed E-state index contributed by atoms with van der Waals surface area (Å²) >= 11 is 1.69. The molecule has 1 saturated heterocycles. The van der Waals surface area contributed by atoms with E-state index in [0.717, 1.165) is 37.2 Å². The zero-order valence-electron chi connectivity index (χ0n) is 14.3. The molecule has 2 rings (SSSR count). The van der Waals surface area contributed by atoms with Crippen molar-refractivity contribution >= 4 is 17.4 Å². The zero-order chi connectivity index (χ0) is 16.3. The predicted molar refractivity (Wildman–Crippen MR) is 89.0 cm³/mol. The summed E-state index contributed by atoms with van der Waals surface area (Å²) in [6, 6.07) is 0. The van der Waals surface area contributed by atoms with Gasteiger partial charge in [0.25, 0.3) is 0 Å². The second kappa shape index (κ2) is 6.86. The molecule has 124 valence electrons. The first kappa shape index (κ1) is 17.1. The highest BCUT2D eigenvalue weighted by molar-refractivity contribution is 7.07. The minimum absolute atomic E-state index is 0.181. The van der Waals surface area contributed by atoms with Crippen LogP contribution in [0.2, 0.25) is 0 Å². The van der Waals surface area contributed by atoms with Gasteiger partial charge in [-0.2, -0.15) is 0 Å². The van der Waals surface area contributed by atoms with Crippen LogP contribution in [-0.2, 0) is 18.2 Å². The Balaban J connectivity index is 1.87. The number of ether oxygens (including phenoxy) is 1. The summed E-state index contributed by atoms with van der Waals surface area (Å²) in [7, 11) is 3.90.